The molecule has 0 aliphatic carbocycles. The van der Waals surface area contributed by atoms with Gasteiger partial charge in [-0.15, -0.1) is 18.9 Å². The third-order valence-corrected chi connectivity index (χ3v) is 4.40. The van der Waals surface area contributed by atoms with Crippen molar-refractivity contribution in [2.75, 3.05) is 13.2 Å². The Morgan fingerprint density at radius 1 is 1.32 bits per heavy atom. The molecule has 0 N–H and O–H groups in total. The van der Waals surface area contributed by atoms with Crippen LogP contribution in [0, 0.1) is 17.8 Å². The summed E-state index contributed by atoms with van der Waals surface area (Å²) in [7, 11) is 0. The standard InChI is InChI=1S/C22H26N2O4/c1-6-13-22(14-7-2)15-23(20(27)28-21(3,4)5)16-24(19(22)26)18(25)17-11-9-8-10-12-17/h1,7-12H,2,13-16H2,3-5H3/t22-/m1/s1. The van der Waals surface area contributed by atoms with Gasteiger partial charge in [0, 0.05) is 18.5 Å². The normalized spacial score (nSPS) is 19.7. The van der Waals surface area contributed by atoms with Crippen LogP contribution in [0.2, 0.25) is 0 Å². The first kappa shape index (κ1) is 21.2. The van der Waals surface area contributed by atoms with Crippen molar-refractivity contribution in [3.05, 3.63) is 48.6 Å². The van der Waals surface area contributed by atoms with Crippen LogP contribution in [0.15, 0.2) is 43.0 Å². The summed E-state index contributed by atoms with van der Waals surface area (Å²) in [6, 6.07) is 8.45. The van der Waals surface area contributed by atoms with Crippen LogP contribution in [-0.4, -0.2) is 46.5 Å². The Bertz CT molecular complexity index is 804. The van der Waals surface area contributed by atoms with Crippen LogP contribution >= 0.6 is 0 Å². The van der Waals surface area contributed by atoms with E-state index in [2.05, 4.69) is 12.5 Å². The topological polar surface area (TPSA) is 66.9 Å². The Balaban J connectivity index is 2.44. The van der Waals surface area contributed by atoms with Gasteiger partial charge in [0.15, 0.2) is 0 Å². The van der Waals surface area contributed by atoms with Crippen molar-refractivity contribution in [1.82, 2.24) is 9.80 Å². The van der Waals surface area contributed by atoms with E-state index in [1.807, 2.05) is 0 Å². The summed E-state index contributed by atoms with van der Waals surface area (Å²) < 4.78 is 5.46. The molecule has 3 amide bonds. The van der Waals surface area contributed by atoms with Gasteiger partial charge >= 0.3 is 6.09 Å². The molecule has 1 fully saturated rings. The molecule has 1 aromatic rings. The number of carbonyl (C=O) groups excluding carboxylic acids is 3. The third-order valence-electron chi connectivity index (χ3n) is 4.40. The monoisotopic (exact) mass is 382 g/mol. The second kappa shape index (κ2) is 8.30. The van der Waals surface area contributed by atoms with E-state index in [0.29, 0.717) is 5.56 Å². The number of allylic oxidation sites excluding steroid dienone is 1. The van der Waals surface area contributed by atoms with Crippen LogP contribution in [0.5, 0.6) is 0 Å². The second-order valence-corrected chi connectivity index (χ2v) is 7.88. The first-order chi connectivity index (χ1) is 13.1. The Hall–Kier alpha value is -3.07. The predicted octanol–water partition coefficient (Wildman–Crippen LogP) is 3.45. The number of nitrogens with zero attached hydrogens (tertiary/aromatic N) is 2. The lowest BCUT2D eigenvalue weighted by molar-refractivity contribution is -0.148. The molecular weight excluding hydrogens is 356 g/mol. The average molecular weight is 382 g/mol. The second-order valence-electron chi connectivity index (χ2n) is 7.88. The SMILES string of the molecule is C#CC[C@@]1(CC=C)CN(C(=O)OC(C)(C)C)CN(C(=O)c2ccccc2)C1=O. The average Bonchev–Trinajstić information content (AvgIpc) is 2.63. The van der Waals surface area contributed by atoms with Crippen molar-refractivity contribution in [2.24, 2.45) is 5.41 Å². The number of imide groups is 1. The molecule has 6 heteroatoms. The zero-order valence-corrected chi connectivity index (χ0v) is 16.6. The Kier molecular flexibility index (Phi) is 6.30. The fraction of sp³-hybridized carbons (Fsp3) is 0.409. The van der Waals surface area contributed by atoms with Gasteiger partial charge in [-0.25, -0.2) is 4.79 Å². The minimum atomic E-state index is -1.11. The van der Waals surface area contributed by atoms with E-state index in [1.54, 1.807) is 57.2 Å². The maximum absolute atomic E-state index is 13.3. The first-order valence-electron chi connectivity index (χ1n) is 9.07. The van der Waals surface area contributed by atoms with E-state index >= 15 is 0 Å². The molecule has 0 aromatic heterocycles. The zero-order valence-electron chi connectivity index (χ0n) is 16.6. The predicted molar refractivity (Wildman–Crippen MR) is 106 cm³/mol. The van der Waals surface area contributed by atoms with E-state index in [9.17, 15) is 14.4 Å². The molecule has 0 spiro atoms. The molecule has 1 aliphatic heterocycles. The number of ether oxygens (including phenoxy) is 1. The van der Waals surface area contributed by atoms with Gasteiger partial charge in [0.25, 0.3) is 5.91 Å². The number of terminal acetylenes is 1. The van der Waals surface area contributed by atoms with E-state index in [4.69, 9.17) is 11.2 Å². The molecule has 1 aromatic carbocycles. The minimum Gasteiger partial charge on any atom is -0.444 e. The summed E-state index contributed by atoms with van der Waals surface area (Å²) in [5, 5.41) is 0. The highest BCUT2D eigenvalue weighted by molar-refractivity contribution is 6.07. The number of carbonyl (C=O) groups is 3. The highest BCUT2D eigenvalue weighted by Gasteiger charge is 2.49. The van der Waals surface area contributed by atoms with Crippen LogP contribution < -0.4 is 0 Å². The summed E-state index contributed by atoms with van der Waals surface area (Å²) in [5.41, 5.74) is -1.47. The molecule has 0 radical (unpaired) electrons. The summed E-state index contributed by atoms with van der Waals surface area (Å²) in [6.07, 6.45) is 6.82. The van der Waals surface area contributed by atoms with Gasteiger partial charge in [-0.1, -0.05) is 24.3 Å². The lowest BCUT2D eigenvalue weighted by Crippen LogP contribution is -2.62. The van der Waals surface area contributed by atoms with Crippen molar-refractivity contribution >= 4 is 17.9 Å². The lowest BCUT2D eigenvalue weighted by Gasteiger charge is -2.45. The maximum Gasteiger partial charge on any atom is 0.411 e. The molecule has 6 nitrogen and oxygen atoms in total. The van der Waals surface area contributed by atoms with E-state index in [-0.39, 0.29) is 26.1 Å². The summed E-state index contributed by atoms with van der Waals surface area (Å²) >= 11 is 0. The molecule has 0 unspecified atom stereocenters. The summed E-state index contributed by atoms with van der Waals surface area (Å²) in [6.45, 7) is 8.86. The molecule has 0 bridgehead atoms. The van der Waals surface area contributed by atoms with Crippen LogP contribution in [0.3, 0.4) is 0 Å². The lowest BCUT2D eigenvalue weighted by atomic mass is 9.78. The molecule has 1 atom stereocenters. The Labute approximate surface area is 166 Å². The third kappa shape index (κ3) is 4.61. The minimum absolute atomic E-state index is 0.0650. The quantitative estimate of drug-likeness (QED) is 0.454. The highest BCUT2D eigenvalue weighted by Crippen LogP contribution is 2.35. The number of hydrogen-bond acceptors (Lipinski definition) is 4. The Morgan fingerprint density at radius 2 is 1.96 bits per heavy atom. The first-order valence-corrected chi connectivity index (χ1v) is 9.07. The maximum atomic E-state index is 13.3. The fourth-order valence-electron chi connectivity index (χ4n) is 3.17. The Morgan fingerprint density at radius 3 is 2.50 bits per heavy atom. The molecule has 148 valence electrons. The number of benzene rings is 1. The van der Waals surface area contributed by atoms with Gasteiger partial charge in [0.2, 0.25) is 5.91 Å². The van der Waals surface area contributed by atoms with Gasteiger partial charge < -0.3 is 4.74 Å². The van der Waals surface area contributed by atoms with Crippen LogP contribution in [-0.2, 0) is 9.53 Å². The van der Waals surface area contributed by atoms with Crippen LogP contribution in [0.25, 0.3) is 0 Å². The molecule has 1 aliphatic rings. The van der Waals surface area contributed by atoms with Gasteiger partial charge in [0.05, 0.1) is 5.41 Å². The van der Waals surface area contributed by atoms with Gasteiger partial charge in [-0.3, -0.25) is 19.4 Å². The molecule has 2 rings (SSSR count). The van der Waals surface area contributed by atoms with Gasteiger partial charge in [0.1, 0.15) is 12.3 Å². The fourth-order valence-corrected chi connectivity index (χ4v) is 3.17. The largest absolute Gasteiger partial charge is 0.444 e. The van der Waals surface area contributed by atoms with Crippen LogP contribution in [0.4, 0.5) is 4.79 Å². The smallest absolute Gasteiger partial charge is 0.411 e. The molecule has 1 saturated heterocycles. The van der Waals surface area contributed by atoms with E-state index < -0.39 is 28.9 Å². The van der Waals surface area contributed by atoms with Crippen molar-refractivity contribution in [1.29, 1.82) is 0 Å². The van der Waals surface area contributed by atoms with E-state index in [0.717, 1.165) is 4.90 Å². The van der Waals surface area contributed by atoms with Crippen molar-refractivity contribution < 1.29 is 19.1 Å². The number of hydrogen-bond donors (Lipinski definition) is 0. The van der Waals surface area contributed by atoms with Gasteiger partial charge in [-0.05, 0) is 39.3 Å². The van der Waals surface area contributed by atoms with Crippen LogP contribution in [0.1, 0.15) is 44.0 Å². The molecule has 0 saturated carbocycles. The number of amides is 3. The summed E-state index contributed by atoms with van der Waals surface area (Å²) in [4.78, 5) is 41.4. The highest BCUT2D eigenvalue weighted by atomic mass is 16.6. The zero-order chi connectivity index (χ0) is 20.9. The number of rotatable bonds is 4. The van der Waals surface area contributed by atoms with Crippen molar-refractivity contribution in [3.8, 4) is 12.3 Å². The van der Waals surface area contributed by atoms with E-state index in [1.165, 1.54) is 4.90 Å². The molecular formula is C22H26N2O4. The van der Waals surface area contributed by atoms with Crippen molar-refractivity contribution in [3.63, 3.8) is 0 Å². The molecule has 1 heterocycles. The molecule has 28 heavy (non-hydrogen) atoms. The van der Waals surface area contributed by atoms with Gasteiger partial charge in [-0.2, -0.15) is 0 Å². The van der Waals surface area contributed by atoms with Crippen molar-refractivity contribution in [2.45, 2.75) is 39.2 Å². The summed E-state index contributed by atoms with van der Waals surface area (Å²) in [5.74, 6) is 1.63.